The molecular weight excluding hydrogens is 373 g/mol. The monoisotopic (exact) mass is 389 g/mol. The van der Waals surface area contributed by atoms with Gasteiger partial charge >= 0.3 is 12.1 Å². The van der Waals surface area contributed by atoms with Gasteiger partial charge in [-0.15, -0.1) is 0 Å². The molecule has 1 fully saturated rings. The fourth-order valence-electron chi connectivity index (χ4n) is 2.03. The van der Waals surface area contributed by atoms with Crippen molar-refractivity contribution in [3.8, 4) is 0 Å². The van der Waals surface area contributed by atoms with Crippen molar-refractivity contribution in [1.82, 2.24) is 5.32 Å². The van der Waals surface area contributed by atoms with Crippen LogP contribution >= 0.6 is 22.6 Å². The van der Waals surface area contributed by atoms with Gasteiger partial charge in [0.15, 0.2) is 0 Å². The second kappa shape index (κ2) is 6.43. The fraction of sp³-hybridized carbons (Fsp3) is 0.429. The normalized spacial score (nSPS) is 25.1. The van der Waals surface area contributed by atoms with Crippen LogP contribution in [0.2, 0.25) is 0 Å². The van der Waals surface area contributed by atoms with Crippen molar-refractivity contribution < 1.29 is 19.1 Å². The Labute approximate surface area is 131 Å². The average Bonchev–Trinajstić information content (AvgIpc) is 2.73. The number of rotatable bonds is 4. The molecule has 1 heterocycles. The molecule has 1 aromatic carbocycles. The quantitative estimate of drug-likeness (QED) is 0.488. The maximum absolute atomic E-state index is 11.8. The predicted octanol–water partition coefficient (Wildman–Crippen LogP) is 2.42. The summed E-state index contributed by atoms with van der Waals surface area (Å²) in [6.45, 7) is 1.83. The lowest BCUT2D eigenvalue weighted by Crippen LogP contribution is -2.49. The highest BCUT2D eigenvalue weighted by Crippen LogP contribution is 2.26. The number of carbonyl (C=O) groups is 2. The van der Waals surface area contributed by atoms with Crippen molar-refractivity contribution in [2.75, 3.05) is 4.43 Å². The van der Waals surface area contributed by atoms with Crippen LogP contribution in [0, 0.1) is 0 Å². The Morgan fingerprint density at radius 2 is 2.20 bits per heavy atom. The third-order valence-corrected chi connectivity index (χ3v) is 4.11. The number of hydrogen-bond acceptors (Lipinski definition) is 4. The van der Waals surface area contributed by atoms with Crippen LogP contribution in [0.5, 0.6) is 0 Å². The third kappa shape index (κ3) is 3.62. The summed E-state index contributed by atoms with van der Waals surface area (Å²) >= 11 is 2.15. The van der Waals surface area contributed by atoms with E-state index in [4.69, 9.17) is 9.47 Å². The first kappa shape index (κ1) is 15.1. The molecule has 20 heavy (non-hydrogen) atoms. The average molecular weight is 389 g/mol. The molecule has 1 aliphatic rings. The summed E-state index contributed by atoms with van der Waals surface area (Å²) < 4.78 is 11.0. The number of alkyl carbamates (subject to hydrolysis) is 1. The largest absolute Gasteiger partial charge is 0.460 e. The number of nitrogens with one attached hydrogen (secondary N) is 1. The number of esters is 1. The second-order valence-electron chi connectivity index (χ2n) is 4.90. The molecule has 1 saturated heterocycles. The van der Waals surface area contributed by atoms with E-state index in [-0.39, 0.29) is 12.7 Å². The van der Waals surface area contributed by atoms with Crippen molar-refractivity contribution in [2.24, 2.45) is 0 Å². The Hall–Kier alpha value is -1.31. The van der Waals surface area contributed by atoms with Crippen molar-refractivity contribution in [1.29, 1.82) is 0 Å². The van der Waals surface area contributed by atoms with Gasteiger partial charge in [-0.05, 0) is 12.5 Å². The van der Waals surface area contributed by atoms with Gasteiger partial charge in [-0.1, -0.05) is 52.9 Å². The molecule has 2 atom stereocenters. The van der Waals surface area contributed by atoms with Gasteiger partial charge in [0.2, 0.25) is 0 Å². The van der Waals surface area contributed by atoms with Gasteiger partial charge in [0.1, 0.15) is 18.2 Å². The topological polar surface area (TPSA) is 64.6 Å². The van der Waals surface area contributed by atoms with Crippen LogP contribution < -0.4 is 5.32 Å². The Bertz CT molecular complexity index is 493. The van der Waals surface area contributed by atoms with E-state index in [1.165, 1.54) is 0 Å². The summed E-state index contributed by atoms with van der Waals surface area (Å²) in [6.07, 6.45) is -0.292. The molecule has 0 spiro atoms. The highest BCUT2D eigenvalue weighted by Gasteiger charge is 2.46. The summed E-state index contributed by atoms with van der Waals surface area (Å²) in [5.74, 6) is -0.407. The Balaban J connectivity index is 1.87. The number of alkyl halides is 1. The minimum Gasteiger partial charge on any atom is -0.460 e. The van der Waals surface area contributed by atoms with Gasteiger partial charge in [0, 0.05) is 10.8 Å². The number of benzene rings is 1. The summed E-state index contributed by atoms with van der Waals surface area (Å²) in [4.78, 5) is 23.6. The first-order valence-electron chi connectivity index (χ1n) is 6.29. The number of amides is 1. The van der Waals surface area contributed by atoms with Crippen molar-refractivity contribution in [3.63, 3.8) is 0 Å². The number of carbonyl (C=O) groups excluding carboxylic acids is 2. The minimum atomic E-state index is -0.996. The maximum Gasteiger partial charge on any atom is 0.408 e. The van der Waals surface area contributed by atoms with Crippen LogP contribution in [0.1, 0.15) is 18.9 Å². The molecule has 1 N–H and O–H groups in total. The van der Waals surface area contributed by atoms with Crippen LogP contribution in [0.25, 0.3) is 0 Å². The Morgan fingerprint density at radius 3 is 2.80 bits per heavy atom. The number of hydrogen-bond donors (Lipinski definition) is 1. The molecule has 0 unspecified atom stereocenters. The smallest absolute Gasteiger partial charge is 0.408 e. The standard InChI is InChI=1S/C14H16INO4/c1-14(7-11(8-15)20-12(14)17)16-13(18)19-9-10-5-3-2-4-6-10/h2-6,11H,7-9H2,1H3,(H,16,18)/t11-,14+/m1/s1. The minimum absolute atomic E-state index is 0.150. The van der Waals surface area contributed by atoms with Gasteiger partial charge in [-0.25, -0.2) is 9.59 Å². The molecule has 5 nitrogen and oxygen atoms in total. The molecule has 2 rings (SSSR count). The number of halogens is 1. The van der Waals surface area contributed by atoms with Gasteiger partial charge in [0.25, 0.3) is 0 Å². The number of cyclic esters (lactones) is 1. The van der Waals surface area contributed by atoms with Crippen LogP contribution in [0.3, 0.4) is 0 Å². The molecule has 0 saturated carbocycles. The molecule has 108 valence electrons. The van der Waals surface area contributed by atoms with Crippen LogP contribution in [-0.2, 0) is 20.9 Å². The predicted molar refractivity (Wildman–Crippen MR) is 81.6 cm³/mol. The molecule has 1 aliphatic heterocycles. The second-order valence-corrected chi connectivity index (χ2v) is 5.79. The molecule has 1 amide bonds. The van der Waals surface area contributed by atoms with E-state index in [0.29, 0.717) is 10.8 Å². The molecule has 0 radical (unpaired) electrons. The zero-order valence-electron chi connectivity index (χ0n) is 11.1. The zero-order chi connectivity index (χ0) is 14.6. The lowest BCUT2D eigenvalue weighted by atomic mass is 9.99. The molecular formula is C14H16INO4. The summed E-state index contributed by atoms with van der Waals surface area (Å²) in [5.41, 5.74) is -0.101. The Kier molecular flexibility index (Phi) is 4.85. The molecule has 0 aliphatic carbocycles. The van der Waals surface area contributed by atoms with E-state index in [1.807, 2.05) is 30.3 Å². The van der Waals surface area contributed by atoms with Crippen LogP contribution in [-0.4, -0.2) is 28.1 Å². The van der Waals surface area contributed by atoms with Crippen molar-refractivity contribution in [3.05, 3.63) is 35.9 Å². The summed E-state index contributed by atoms with van der Waals surface area (Å²) in [5, 5.41) is 2.60. The molecule has 6 heteroatoms. The first-order valence-corrected chi connectivity index (χ1v) is 7.82. The van der Waals surface area contributed by atoms with E-state index < -0.39 is 17.6 Å². The maximum atomic E-state index is 11.8. The number of ether oxygens (including phenoxy) is 2. The lowest BCUT2D eigenvalue weighted by Gasteiger charge is -2.20. The zero-order valence-corrected chi connectivity index (χ0v) is 13.3. The highest BCUT2D eigenvalue weighted by molar-refractivity contribution is 14.1. The summed E-state index contributed by atoms with van der Waals surface area (Å²) in [6, 6.07) is 9.37. The van der Waals surface area contributed by atoms with Gasteiger partial charge < -0.3 is 14.8 Å². The van der Waals surface area contributed by atoms with E-state index in [0.717, 1.165) is 5.56 Å². The summed E-state index contributed by atoms with van der Waals surface area (Å²) in [7, 11) is 0. The van der Waals surface area contributed by atoms with Crippen molar-refractivity contribution >= 4 is 34.7 Å². The highest BCUT2D eigenvalue weighted by atomic mass is 127. The van der Waals surface area contributed by atoms with E-state index >= 15 is 0 Å². The SMILES string of the molecule is C[C@]1(NC(=O)OCc2ccccc2)C[C@H](CI)OC1=O. The lowest BCUT2D eigenvalue weighted by molar-refractivity contribution is -0.145. The van der Waals surface area contributed by atoms with Crippen LogP contribution in [0.4, 0.5) is 4.79 Å². The van der Waals surface area contributed by atoms with Crippen molar-refractivity contribution in [2.45, 2.75) is 31.6 Å². The van der Waals surface area contributed by atoms with Gasteiger partial charge in [-0.3, -0.25) is 0 Å². The fourth-order valence-corrected chi connectivity index (χ4v) is 2.53. The first-order chi connectivity index (χ1) is 9.53. The van der Waals surface area contributed by atoms with E-state index in [1.54, 1.807) is 6.92 Å². The molecule has 0 bridgehead atoms. The molecule has 1 aromatic rings. The van der Waals surface area contributed by atoms with E-state index in [9.17, 15) is 9.59 Å². The van der Waals surface area contributed by atoms with Gasteiger partial charge in [0.05, 0.1) is 0 Å². The Morgan fingerprint density at radius 1 is 1.50 bits per heavy atom. The molecule has 0 aromatic heterocycles. The van der Waals surface area contributed by atoms with Gasteiger partial charge in [-0.2, -0.15) is 0 Å². The van der Waals surface area contributed by atoms with E-state index in [2.05, 4.69) is 27.9 Å². The van der Waals surface area contributed by atoms with Crippen LogP contribution in [0.15, 0.2) is 30.3 Å². The third-order valence-electron chi connectivity index (χ3n) is 3.12.